The monoisotopic (exact) mass is 254 g/mol. The predicted molar refractivity (Wildman–Crippen MR) is 80.5 cm³/mol. The molecule has 0 fully saturated rings. The molecule has 1 aromatic heterocycles. The number of pyridine rings is 1. The highest BCUT2D eigenvalue weighted by atomic mass is 14.8. The summed E-state index contributed by atoms with van der Waals surface area (Å²) >= 11 is 0. The minimum Gasteiger partial charge on any atom is -0.322 e. The summed E-state index contributed by atoms with van der Waals surface area (Å²) in [5.74, 6) is 0. The lowest BCUT2D eigenvalue weighted by Gasteiger charge is -2.25. The van der Waals surface area contributed by atoms with Crippen molar-refractivity contribution in [2.24, 2.45) is 5.73 Å². The molecule has 2 aromatic rings. The standard InChI is InChI=1S/C17H22N2/c1-10-8-13-15(9-11(10)2)19-14-7-5-6-12(14)16(13)17(3,4)18/h8-9H,5-7,18H2,1-4H3. The number of hydrogen-bond donors (Lipinski definition) is 1. The number of rotatable bonds is 1. The first-order valence-corrected chi connectivity index (χ1v) is 7.10. The average Bonchev–Trinajstić information content (AvgIpc) is 2.73. The normalized spacial score (nSPS) is 15.0. The van der Waals surface area contributed by atoms with E-state index in [2.05, 4.69) is 39.8 Å². The number of benzene rings is 1. The third kappa shape index (κ3) is 1.95. The highest BCUT2D eigenvalue weighted by molar-refractivity contribution is 5.86. The van der Waals surface area contributed by atoms with Crippen LogP contribution < -0.4 is 5.73 Å². The molecule has 100 valence electrons. The molecule has 19 heavy (non-hydrogen) atoms. The molecule has 0 bridgehead atoms. The van der Waals surface area contributed by atoms with Crippen molar-refractivity contribution in [2.45, 2.75) is 52.5 Å². The van der Waals surface area contributed by atoms with Gasteiger partial charge < -0.3 is 5.73 Å². The van der Waals surface area contributed by atoms with Gasteiger partial charge in [0, 0.05) is 16.6 Å². The first-order valence-electron chi connectivity index (χ1n) is 7.10. The summed E-state index contributed by atoms with van der Waals surface area (Å²) in [7, 11) is 0. The van der Waals surface area contributed by atoms with Crippen LogP contribution in [0, 0.1) is 13.8 Å². The van der Waals surface area contributed by atoms with Crippen molar-refractivity contribution in [2.75, 3.05) is 0 Å². The van der Waals surface area contributed by atoms with Gasteiger partial charge in [-0.05, 0) is 81.3 Å². The van der Waals surface area contributed by atoms with Crippen LogP contribution in [0.15, 0.2) is 12.1 Å². The smallest absolute Gasteiger partial charge is 0.0711 e. The SMILES string of the molecule is Cc1cc2nc3c(c(C(C)(C)N)c2cc1C)CCC3. The molecular weight excluding hydrogens is 232 g/mol. The van der Waals surface area contributed by atoms with E-state index >= 15 is 0 Å². The third-order valence-electron chi connectivity index (χ3n) is 4.27. The van der Waals surface area contributed by atoms with Gasteiger partial charge in [0.2, 0.25) is 0 Å². The fourth-order valence-electron chi connectivity index (χ4n) is 3.26. The van der Waals surface area contributed by atoms with Gasteiger partial charge >= 0.3 is 0 Å². The van der Waals surface area contributed by atoms with Gasteiger partial charge in [-0.3, -0.25) is 4.98 Å². The molecule has 1 aromatic carbocycles. The molecule has 0 unspecified atom stereocenters. The van der Waals surface area contributed by atoms with E-state index in [1.54, 1.807) is 0 Å². The fraction of sp³-hybridized carbons (Fsp3) is 0.471. The Hall–Kier alpha value is -1.41. The van der Waals surface area contributed by atoms with Crippen LogP contribution in [0.5, 0.6) is 0 Å². The Labute approximate surface area is 115 Å². The third-order valence-corrected chi connectivity index (χ3v) is 4.27. The van der Waals surface area contributed by atoms with Crippen molar-refractivity contribution in [3.63, 3.8) is 0 Å². The minimum absolute atomic E-state index is 0.308. The van der Waals surface area contributed by atoms with Crippen molar-refractivity contribution in [1.29, 1.82) is 0 Å². The summed E-state index contributed by atoms with van der Waals surface area (Å²) < 4.78 is 0. The van der Waals surface area contributed by atoms with Gasteiger partial charge in [0.15, 0.2) is 0 Å². The van der Waals surface area contributed by atoms with Gasteiger partial charge in [-0.1, -0.05) is 0 Å². The Morgan fingerprint density at radius 2 is 1.79 bits per heavy atom. The molecule has 1 heterocycles. The maximum Gasteiger partial charge on any atom is 0.0711 e. The molecule has 0 amide bonds. The Morgan fingerprint density at radius 3 is 2.47 bits per heavy atom. The Morgan fingerprint density at radius 1 is 1.11 bits per heavy atom. The summed E-state index contributed by atoms with van der Waals surface area (Å²) in [6, 6.07) is 4.47. The molecule has 2 N–H and O–H groups in total. The lowest BCUT2D eigenvalue weighted by molar-refractivity contribution is 0.553. The Kier molecular flexibility index (Phi) is 2.68. The summed E-state index contributed by atoms with van der Waals surface area (Å²) in [5.41, 5.74) is 13.9. The number of aromatic nitrogens is 1. The van der Waals surface area contributed by atoms with Crippen LogP contribution >= 0.6 is 0 Å². The van der Waals surface area contributed by atoms with Gasteiger partial charge in [-0.25, -0.2) is 0 Å². The minimum atomic E-state index is -0.308. The molecule has 0 spiro atoms. The Bertz CT molecular complexity index is 663. The van der Waals surface area contributed by atoms with Gasteiger partial charge in [0.25, 0.3) is 0 Å². The largest absolute Gasteiger partial charge is 0.322 e. The highest BCUT2D eigenvalue weighted by Gasteiger charge is 2.27. The number of nitrogens with two attached hydrogens (primary N) is 1. The fourth-order valence-corrected chi connectivity index (χ4v) is 3.26. The molecule has 1 aliphatic carbocycles. The van der Waals surface area contributed by atoms with Crippen molar-refractivity contribution >= 4 is 10.9 Å². The van der Waals surface area contributed by atoms with Gasteiger partial charge in [0.1, 0.15) is 0 Å². The molecule has 0 aliphatic heterocycles. The summed E-state index contributed by atoms with van der Waals surface area (Å²) in [6.07, 6.45) is 3.43. The number of fused-ring (bicyclic) bond motifs is 2. The first-order chi connectivity index (χ1) is 8.88. The molecule has 0 saturated heterocycles. The van der Waals surface area contributed by atoms with Crippen LogP contribution in [0.3, 0.4) is 0 Å². The number of hydrogen-bond acceptors (Lipinski definition) is 2. The zero-order valence-electron chi connectivity index (χ0n) is 12.3. The number of nitrogens with zero attached hydrogens (tertiary/aromatic N) is 1. The molecule has 1 aliphatic rings. The maximum absolute atomic E-state index is 6.46. The molecule has 2 heteroatoms. The molecule has 0 radical (unpaired) electrons. The average molecular weight is 254 g/mol. The van der Waals surface area contributed by atoms with E-state index in [-0.39, 0.29) is 5.54 Å². The lowest BCUT2D eigenvalue weighted by Crippen LogP contribution is -2.30. The molecule has 0 saturated carbocycles. The zero-order valence-corrected chi connectivity index (χ0v) is 12.3. The van der Waals surface area contributed by atoms with Gasteiger partial charge in [-0.2, -0.15) is 0 Å². The van der Waals surface area contributed by atoms with E-state index < -0.39 is 0 Å². The van der Waals surface area contributed by atoms with E-state index in [1.807, 2.05) is 0 Å². The van der Waals surface area contributed by atoms with Crippen LogP contribution in [-0.4, -0.2) is 4.98 Å². The second-order valence-corrected chi connectivity index (χ2v) is 6.44. The van der Waals surface area contributed by atoms with E-state index in [9.17, 15) is 0 Å². The summed E-state index contributed by atoms with van der Waals surface area (Å²) in [5, 5.41) is 1.25. The second-order valence-electron chi connectivity index (χ2n) is 6.44. The molecule has 3 rings (SSSR count). The van der Waals surface area contributed by atoms with Gasteiger partial charge in [0.05, 0.1) is 5.52 Å². The van der Waals surface area contributed by atoms with E-state index in [0.717, 1.165) is 18.4 Å². The van der Waals surface area contributed by atoms with Gasteiger partial charge in [-0.15, -0.1) is 0 Å². The predicted octanol–water partition coefficient (Wildman–Crippen LogP) is 3.53. The van der Waals surface area contributed by atoms with E-state index in [4.69, 9.17) is 10.7 Å². The van der Waals surface area contributed by atoms with E-state index in [1.165, 1.54) is 39.8 Å². The van der Waals surface area contributed by atoms with Crippen molar-refractivity contribution < 1.29 is 0 Å². The quantitative estimate of drug-likeness (QED) is 0.845. The molecule has 2 nitrogen and oxygen atoms in total. The van der Waals surface area contributed by atoms with Crippen LogP contribution in [-0.2, 0) is 18.4 Å². The lowest BCUT2D eigenvalue weighted by atomic mass is 9.86. The van der Waals surface area contributed by atoms with Crippen LogP contribution in [0.25, 0.3) is 10.9 Å². The topological polar surface area (TPSA) is 38.9 Å². The maximum atomic E-state index is 6.46. The summed E-state index contributed by atoms with van der Waals surface area (Å²) in [4.78, 5) is 4.88. The highest BCUT2D eigenvalue weighted by Crippen LogP contribution is 2.36. The van der Waals surface area contributed by atoms with Crippen LogP contribution in [0.4, 0.5) is 0 Å². The van der Waals surface area contributed by atoms with Crippen LogP contribution in [0.2, 0.25) is 0 Å². The molecular formula is C17H22N2. The summed E-state index contributed by atoms with van der Waals surface area (Å²) in [6.45, 7) is 8.53. The van der Waals surface area contributed by atoms with E-state index in [0.29, 0.717) is 0 Å². The van der Waals surface area contributed by atoms with Crippen molar-refractivity contribution in [1.82, 2.24) is 4.98 Å². The Balaban J connectivity index is 2.45. The second kappa shape index (κ2) is 4.04. The number of aryl methyl sites for hydroxylation is 3. The van der Waals surface area contributed by atoms with Crippen molar-refractivity contribution in [3.05, 3.63) is 40.1 Å². The first kappa shape index (κ1) is 12.6. The van der Waals surface area contributed by atoms with Crippen molar-refractivity contribution in [3.8, 4) is 0 Å². The van der Waals surface area contributed by atoms with Crippen LogP contribution in [0.1, 0.15) is 48.2 Å². The molecule has 0 atom stereocenters. The zero-order chi connectivity index (χ0) is 13.8.